The van der Waals surface area contributed by atoms with Crippen LogP contribution in [0.4, 0.5) is 13.2 Å². The van der Waals surface area contributed by atoms with E-state index in [1.165, 1.54) is 4.90 Å². The third-order valence-electron chi connectivity index (χ3n) is 3.76. The first kappa shape index (κ1) is 18.2. The number of hydrogen-bond acceptors (Lipinski definition) is 4. The molecule has 134 valence electrons. The van der Waals surface area contributed by atoms with E-state index in [4.69, 9.17) is 4.74 Å². The Morgan fingerprint density at radius 3 is 2.71 bits per heavy atom. The van der Waals surface area contributed by atoms with Crippen LogP contribution in [-0.2, 0) is 14.3 Å². The molecule has 0 spiro atoms. The molecule has 1 saturated heterocycles. The van der Waals surface area contributed by atoms with Gasteiger partial charge >= 0.3 is 6.18 Å². The van der Waals surface area contributed by atoms with Crippen LogP contribution in [0.1, 0.15) is 29.4 Å². The maximum Gasteiger partial charge on any atom is 0.405 e. The second kappa shape index (κ2) is 7.20. The molecule has 7 nitrogen and oxygen atoms in total. The van der Waals surface area contributed by atoms with Crippen molar-refractivity contribution in [2.24, 2.45) is 0 Å². The number of aromatic amines is 1. The van der Waals surface area contributed by atoms with E-state index in [0.29, 0.717) is 12.3 Å². The molecule has 2 rings (SSSR count). The molecule has 10 heteroatoms. The van der Waals surface area contributed by atoms with E-state index in [-0.39, 0.29) is 13.2 Å². The van der Waals surface area contributed by atoms with Gasteiger partial charge < -0.3 is 15.0 Å². The van der Waals surface area contributed by atoms with Crippen molar-refractivity contribution >= 4 is 11.8 Å². The Morgan fingerprint density at radius 2 is 2.12 bits per heavy atom. The van der Waals surface area contributed by atoms with Crippen LogP contribution in [-0.4, -0.2) is 59.4 Å². The van der Waals surface area contributed by atoms with E-state index < -0.39 is 37.0 Å². The quantitative estimate of drug-likeness (QED) is 0.795. The van der Waals surface area contributed by atoms with Crippen LogP contribution in [0, 0.1) is 13.8 Å². The summed E-state index contributed by atoms with van der Waals surface area (Å²) < 4.78 is 41.7. The Kier molecular flexibility index (Phi) is 5.47. The largest absolute Gasteiger partial charge is 0.405 e. The minimum atomic E-state index is -4.51. The summed E-state index contributed by atoms with van der Waals surface area (Å²) in [6, 6.07) is -0.416. The predicted molar refractivity (Wildman–Crippen MR) is 77.0 cm³/mol. The number of amides is 2. The Hall–Kier alpha value is -2.10. The van der Waals surface area contributed by atoms with Crippen molar-refractivity contribution in [1.82, 2.24) is 20.4 Å². The molecule has 0 aromatic carbocycles. The van der Waals surface area contributed by atoms with Gasteiger partial charge in [0.25, 0.3) is 0 Å². The highest BCUT2D eigenvalue weighted by Crippen LogP contribution is 2.28. The van der Waals surface area contributed by atoms with E-state index in [9.17, 15) is 22.8 Å². The number of H-pyrrole nitrogens is 1. The van der Waals surface area contributed by atoms with Crippen LogP contribution in [0.15, 0.2) is 0 Å². The standard InChI is InChI=1S/C14H19F3N4O3/c1-8-13(9(2)20-19-8)10-6-24-4-3-21(10)12(23)5-11(22)18-7-14(15,16)17/h10H,3-7H2,1-2H3,(H,18,22)(H,19,20). The highest BCUT2D eigenvalue weighted by molar-refractivity contribution is 5.97. The first-order chi connectivity index (χ1) is 11.2. The second-order valence-electron chi connectivity index (χ2n) is 5.59. The van der Waals surface area contributed by atoms with E-state index in [2.05, 4.69) is 10.2 Å². The van der Waals surface area contributed by atoms with Gasteiger partial charge in [-0.15, -0.1) is 0 Å². The fraction of sp³-hybridized carbons (Fsp3) is 0.643. The van der Waals surface area contributed by atoms with Crippen molar-refractivity contribution < 1.29 is 27.5 Å². The number of carbonyl (C=O) groups excluding carboxylic acids is 2. The number of hydrogen-bond donors (Lipinski definition) is 2. The van der Waals surface area contributed by atoms with Crippen LogP contribution in [0.5, 0.6) is 0 Å². The molecule has 1 aliphatic heterocycles. The minimum absolute atomic E-state index is 0.247. The summed E-state index contributed by atoms with van der Waals surface area (Å²) in [5.74, 6) is -1.49. The number of aryl methyl sites for hydroxylation is 2. The molecule has 1 fully saturated rings. The molecule has 2 heterocycles. The van der Waals surface area contributed by atoms with Gasteiger partial charge in [0.1, 0.15) is 13.0 Å². The van der Waals surface area contributed by atoms with E-state index in [0.717, 1.165) is 11.3 Å². The number of carbonyl (C=O) groups is 2. The van der Waals surface area contributed by atoms with Gasteiger partial charge in [-0.25, -0.2) is 0 Å². The molecular weight excluding hydrogens is 329 g/mol. The van der Waals surface area contributed by atoms with Gasteiger partial charge in [-0.1, -0.05) is 0 Å². The monoisotopic (exact) mass is 348 g/mol. The maximum atomic E-state index is 12.4. The summed E-state index contributed by atoms with van der Waals surface area (Å²) in [5, 5.41) is 8.61. The Balaban J connectivity index is 2.05. The highest BCUT2D eigenvalue weighted by atomic mass is 19.4. The van der Waals surface area contributed by atoms with Crippen LogP contribution in [0.25, 0.3) is 0 Å². The van der Waals surface area contributed by atoms with Crippen molar-refractivity contribution in [3.05, 3.63) is 17.0 Å². The number of nitrogens with zero attached hydrogens (tertiary/aromatic N) is 2. The minimum Gasteiger partial charge on any atom is -0.377 e. The molecule has 1 aliphatic rings. The predicted octanol–water partition coefficient (Wildman–Crippen LogP) is 0.995. The average molecular weight is 348 g/mol. The first-order valence-electron chi connectivity index (χ1n) is 7.41. The number of alkyl halides is 3. The van der Waals surface area contributed by atoms with Gasteiger partial charge in [0.05, 0.1) is 24.9 Å². The highest BCUT2D eigenvalue weighted by Gasteiger charge is 2.33. The Bertz CT molecular complexity index is 595. The van der Waals surface area contributed by atoms with Gasteiger partial charge in [0.15, 0.2) is 0 Å². The lowest BCUT2D eigenvalue weighted by Gasteiger charge is -2.36. The fourth-order valence-corrected chi connectivity index (χ4v) is 2.69. The van der Waals surface area contributed by atoms with Crippen molar-refractivity contribution in [2.45, 2.75) is 32.5 Å². The zero-order chi connectivity index (χ0) is 17.9. The average Bonchev–Trinajstić information content (AvgIpc) is 2.83. The van der Waals surface area contributed by atoms with E-state index >= 15 is 0 Å². The molecule has 1 aromatic heterocycles. The van der Waals surface area contributed by atoms with Gasteiger partial charge in [-0.3, -0.25) is 14.7 Å². The molecule has 24 heavy (non-hydrogen) atoms. The second-order valence-corrected chi connectivity index (χ2v) is 5.59. The molecule has 1 atom stereocenters. The third kappa shape index (κ3) is 4.47. The lowest BCUT2D eigenvalue weighted by Crippen LogP contribution is -2.45. The zero-order valence-corrected chi connectivity index (χ0v) is 13.4. The number of morpholine rings is 1. The zero-order valence-electron chi connectivity index (χ0n) is 13.4. The summed E-state index contributed by atoms with van der Waals surface area (Å²) >= 11 is 0. The van der Waals surface area contributed by atoms with Gasteiger partial charge in [-0.2, -0.15) is 18.3 Å². The summed E-state index contributed by atoms with van der Waals surface area (Å²) in [7, 11) is 0. The topological polar surface area (TPSA) is 87.3 Å². The van der Waals surface area contributed by atoms with Gasteiger partial charge in [-0.05, 0) is 13.8 Å². The van der Waals surface area contributed by atoms with Crippen molar-refractivity contribution in [3.63, 3.8) is 0 Å². The van der Waals surface area contributed by atoms with Crippen molar-refractivity contribution in [1.29, 1.82) is 0 Å². The van der Waals surface area contributed by atoms with Crippen molar-refractivity contribution in [2.75, 3.05) is 26.3 Å². The third-order valence-corrected chi connectivity index (χ3v) is 3.76. The first-order valence-corrected chi connectivity index (χ1v) is 7.41. The molecular formula is C14H19F3N4O3. The lowest BCUT2D eigenvalue weighted by molar-refractivity contribution is -0.147. The molecule has 0 saturated carbocycles. The van der Waals surface area contributed by atoms with Gasteiger partial charge in [0, 0.05) is 17.8 Å². The normalized spacial score (nSPS) is 18.5. The number of ether oxygens (including phenoxy) is 1. The summed E-state index contributed by atoms with van der Waals surface area (Å²) in [5.41, 5.74) is 2.29. The fourth-order valence-electron chi connectivity index (χ4n) is 2.69. The molecule has 0 radical (unpaired) electrons. The molecule has 0 aliphatic carbocycles. The number of rotatable bonds is 4. The van der Waals surface area contributed by atoms with E-state index in [1.807, 2.05) is 6.92 Å². The summed E-state index contributed by atoms with van der Waals surface area (Å²) in [6.07, 6.45) is -5.15. The summed E-state index contributed by atoms with van der Waals surface area (Å²) in [6.45, 7) is 2.96. The molecule has 0 bridgehead atoms. The Morgan fingerprint density at radius 1 is 1.42 bits per heavy atom. The maximum absolute atomic E-state index is 12.4. The molecule has 2 amide bonds. The van der Waals surface area contributed by atoms with Crippen LogP contribution in [0.2, 0.25) is 0 Å². The number of halogens is 3. The number of nitrogens with one attached hydrogen (secondary N) is 2. The molecule has 2 N–H and O–H groups in total. The van der Waals surface area contributed by atoms with Crippen LogP contribution in [0.3, 0.4) is 0 Å². The van der Waals surface area contributed by atoms with Crippen LogP contribution >= 0.6 is 0 Å². The van der Waals surface area contributed by atoms with Gasteiger partial charge in [0.2, 0.25) is 11.8 Å². The van der Waals surface area contributed by atoms with Crippen molar-refractivity contribution in [3.8, 4) is 0 Å². The molecule has 1 unspecified atom stereocenters. The lowest BCUT2D eigenvalue weighted by atomic mass is 10.0. The van der Waals surface area contributed by atoms with E-state index in [1.54, 1.807) is 12.2 Å². The molecule has 1 aromatic rings. The smallest absolute Gasteiger partial charge is 0.377 e. The number of aromatic nitrogens is 2. The van der Waals surface area contributed by atoms with Crippen LogP contribution < -0.4 is 5.32 Å². The SMILES string of the molecule is Cc1n[nH]c(C)c1C1COCCN1C(=O)CC(=O)NCC(F)(F)F. The Labute approximate surface area is 136 Å². The summed E-state index contributed by atoms with van der Waals surface area (Å²) in [4.78, 5) is 25.4.